The van der Waals surface area contributed by atoms with Crippen LogP contribution in [0.5, 0.6) is 11.5 Å². The number of rotatable bonds is 1. The maximum absolute atomic E-state index is 11.2. The fraction of sp³-hybridized carbons (Fsp3) is 0. The van der Waals surface area contributed by atoms with Crippen molar-refractivity contribution in [3.05, 3.63) is 46.6 Å². The Morgan fingerprint density at radius 1 is 0.938 bits per heavy atom. The molecule has 3 heteroatoms. The highest BCUT2D eigenvalue weighted by molar-refractivity contribution is 6.07. The Labute approximate surface area is 90.9 Å². The van der Waals surface area contributed by atoms with Gasteiger partial charge in [-0.1, -0.05) is 30.3 Å². The second kappa shape index (κ2) is 2.85. The van der Waals surface area contributed by atoms with Crippen molar-refractivity contribution in [3.8, 4) is 22.6 Å². The molecule has 0 aliphatic heterocycles. The topological polar surface area (TPSA) is 57.5 Å². The number of hydrogen-bond donors (Lipinski definition) is 2. The Kier molecular flexibility index (Phi) is 1.60. The van der Waals surface area contributed by atoms with Gasteiger partial charge in [-0.15, -0.1) is 0 Å². The second-order valence-corrected chi connectivity index (χ2v) is 3.74. The van der Waals surface area contributed by atoms with Gasteiger partial charge >= 0.3 is 0 Å². The van der Waals surface area contributed by atoms with Crippen molar-refractivity contribution in [1.82, 2.24) is 0 Å². The lowest BCUT2D eigenvalue weighted by atomic mass is 10.0. The summed E-state index contributed by atoms with van der Waals surface area (Å²) in [5, 5.41) is 20.1. The third-order valence-electron chi connectivity index (χ3n) is 2.77. The quantitative estimate of drug-likeness (QED) is 0.607. The number of phenols is 2. The third kappa shape index (κ3) is 1.05. The summed E-state index contributed by atoms with van der Waals surface area (Å²) >= 11 is 0. The average molecular weight is 212 g/mol. The lowest BCUT2D eigenvalue weighted by Crippen LogP contribution is -1.77. The first-order valence-corrected chi connectivity index (χ1v) is 4.89. The molecule has 0 fully saturated rings. The smallest absolute Gasteiger partial charge is 0.198 e. The van der Waals surface area contributed by atoms with E-state index in [-0.39, 0.29) is 22.3 Å². The Balaban J connectivity index is 2.32. The first-order chi connectivity index (χ1) is 7.70. The summed E-state index contributed by atoms with van der Waals surface area (Å²) in [6.45, 7) is 0. The van der Waals surface area contributed by atoms with Gasteiger partial charge in [0.1, 0.15) is 0 Å². The Bertz CT molecular complexity index is 689. The number of fused-ring (bicyclic) bond motifs is 1. The molecule has 0 aliphatic carbocycles. The molecule has 3 nitrogen and oxygen atoms in total. The van der Waals surface area contributed by atoms with Crippen LogP contribution in [-0.4, -0.2) is 10.2 Å². The summed E-state index contributed by atoms with van der Waals surface area (Å²) in [4.78, 5) is 11.2. The molecule has 0 saturated heterocycles. The van der Waals surface area contributed by atoms with E-state index in [1.807, 2.05) is 30.3 Å². The van der Waals surface area contributed by atoms with Crippen LogP contribution in [0.3, 0.4) is 0 Å². The molecule has 2 N–H and O–H groups in total. The molecule has 0 unspecified atom stereocenters. The van der Waals surface area contributed by atoms with E-state index >= 15 is 0 Å². The molecule has 3 aromatic rings. The van der Waals surface area contributed by atoms with Gasteiger partial charge in [-0.05, 0) is 11.6 Å². The van der Waals surface area contributed by atoms with Crippen molar-refractivity contribution in [3.63, 3.8) is 0 Å². The molecule has 16 heavy (non-hydrogen) atoms. The Morgan fingerprint density at radius 2 is 1.62 bits per heavy atom. The van der Waals surface area contributed by atoms with Gasteiger partial charge in [0.2, 0.25) is 0 Å². The van der Waals surface area contributed by atoms with E-state index in [9.17, 15) is 15.0 Å². The predicted octanol–water partition coefficient (Wildman–Crippen LogP) is 2.15. The molecule has 0 radical (unpaired) electrons. The molecule has 0 saturated carbocycles. The van der Waals surface area contributed by atoms with Crippen molar-refractivity contribution >= 4 is 10.8 Å². The highest BCUT2D eigenvalue weighted by Crippen LogP contribution is 2.43. The minimum absolute atomic E-state index is 0.185. The van der Waals surface area contributed by atoms with Gasteiger partial charge in [-0.25, -0.2) is 0 Å². The standard InChI is InChI=1S/C13H8O3/c14-11-9-6-8(7-4-2-1-3-5-7)12(15)13(16)10(9)11/h1-6,15-16H. The van der Waals surface area contributed by atoms with Crippen LogP contribution in [0.25, 0.3) is 21.9 Å². The number of aromatic hydroxyl groups is 2. The Hall–Kier alpha value is -2.29. The zero-order chi connectivity index (χ0) is 11.3. The summed E-state index contributed by atoms with van der Waals surface area (Å²) in [6, 6.07) is 10.8. The van der Waals surface area contributed by atoms with Crippen molar-refractivity contribution < 1.29 is 10.2 Å². The lowest BCUT2D eigenvalue weighted by molar-refractivity contribution is 0.410. The molecule has 0 aliphatic rings. The molecular weight excluding hydrogens is 204 g/mol. The van der Waals surface area contributed by atoms with E-state index < -0.39 is 0 Å². The molecule has 0 heterocycles. The van der Waals surface area contributed by atoms with E-state index in [0.29, 0.717) is 10.9 Å². The van der Waals surface area contributed by atoms with Crippen molar-refractivity contribution in [2.24, 2.45) is 0 Å². The van der Waals surface area contributed by atoms with E-state index in [0.717, 1.165) is 5.56 Å². The second-order valence-electron chi connectivity index (χ2n) is 3.74. The summed E-state index contributed by atoms with van der Waals surface area (Å²) in [5.41, 5.74) is 1.08. The van der Waals surface area contributed by atoms with Gasteiger partial charge in [0.25, 0.3) is 0 Å². The van der Waals surface area contributed by atoms with Crippen LogP contribution in [0.1, 0.15) is 0 Å². The van der Waals surface area contributed by atoms with Gasteiger partial charge in [0.15, 0.2) is 16.9 Å². The highest BCUT2D eigenvalue weighted by atomic mass is 16.3. The van der Waals surface area contributed by atoms with Gasteiger partial charge in [-0.3, -0.25) is 4.79 Å². The fourth-order valence-corrected chi connectivity index (χ4v) is 1.85. The number of phenolic OH excluding ortho intramolecular Hbond substituents is 2. The van der Waals surface area contributed by atoms with Crippen molar-refractivity contribution in [2.45, 2.75) is 0 Å². The van der Waals surface area contributed by atoms with Gasteiger partial charge < -0.3 is 10.2 Å². The summed E-state index contributed by atoms with van der Waals surface area (Å²) in [6.07, 6.45) is 0. The first-order valence-electron chi connectivity index (χ1n) is 4.89. The average Bonchev–Trinajstić information content (AvgIpc) is 2.96. The molecule has 0 atom stereocenters. The monoisotopic (exact) mass is 212 g/mol. The zero-order valence-corrected chi connectivity index (χ0v) is 8.27. The molecule has 0 aromatic heterocycles. The molecule has 0 spiro atoms. The van der Waals surface area contributed by atoms with E-state index in [1.54, 1.807) is 6.07 Å². The van der Waals surface area contributed by atoms with Gasteiger partial charge in [0.05, 0.1) is 5.39 Å². The van der Waals surface area contributed by atoms with Gasteiger partial charge in [-0.2, -0.15) is 0 Å². The summed E-state index contributed by atoms with van der Waals surface area (Å²) in [5.74, 6) is -0.530. The summed E-state index contributed by atoms with van der Waals surface area (Å²) in [7, 11) is 0. The molecule has 0 amide bonds. The van der Waals surface area contributed by atoms with Crippen molar-refractivity contribution in [1.29, 1.82) is 0 Å². The lowest BCUT2D eigenvalue weighted by Gasteiger charge is -2.04. The normalized spacial score (nSPS) is 11.2. The van der Waals surface area contributed by atoms with Crippen LogP contribution in [-0.2, 0) is 0 Å². The minimum atomic E-state index is -0.304. The van der Waals surface area contributed by atoms with E-state index in [2.05, 4.69) is 0 Å². The van der Waals surface area contributed by atoms with Crippen LogP contribution >= 0.6 is 0 Å². The van der Waals surface area contributed by atoms with Crippen LogP contribution < -0.4 is 5.43 Å². The first kappa shape index (κ1) is 8.97. The third-order valence-corrected chi connectivity index (χ3v) is 2.77. The molecular formula is C13H8O3. The Morgan fingerprint density at radius 3 is 2.31 bits per heavy atom. The zero-order valence-electron chi connectivity index (χ0n) is 8.27. The largest absolute Gasteiger partial charge is 0.504 e. The molecule has 3 aromatic carbocycles. The van der Waals surface area contributed by atoms with Crippen LogP contribution in [0.15, 0.2) is 41.2 Å². The molecule has 3 rings (SSSR count). The predicted molar refractivity (Wildman–Crippen MR) is 61.4 cm³/mol. The van der Waals surface area contributed by atoms with Crippen LogP contribution in [0.2, 0.25) is 0 Å². The maximum Gasteiger partial charge on any atom is 0.198 e. The van der Waals surface area contributed by atoms with Crippen LogP contribution in [0, 0.1) is 0 Å². The van der Waals surface area contributed by atoms with Crippen LogP contribution in [0.4, 0.5) is 0 Å². The highest BCUT2D eigenvalue weighted by Gasteiger charge is 2.23. The SMILES string of the molecule is O=c1c2cc(-c3ccccc3)c(O)c(O)c12. The van der Waals surface area contributed by atoms with Crippen molar-refractivity contribution in [2.75, 3.05) is 0 Å². The number of benzene rings is 2. The number of hydrogen-bond acceptors (Lipinski definition) is 3. The van der Waals surface area contributed by atoms with E-state index in [4.69, 9.17) is 0 Å². The molecule has 0 bridgehead atoms. The van der Waals surface area contributed by atoms with E-state index in [1.165, 1.54) is 0 Å². The fourth-order valence-electron chi connectivity index (χ4n) is 1.85. The van der Waals surface area contributed by atoms with Gasteiger partial charge in [0, 0.05) is 10.9 Å². The summed E-state index contributed by atoms with van der Waals surface area (Å²) < 4.78 is 0. The minimum Gasteiger partial charge on any atom is -0.504 e. The maximum atomic E-state index is 11.2. The molecule has 78 valence electrons.